The minimum Gasteiger partial charge on any atom is -0.493 e. The van der Waals surface area contributed by atoms with Crippen LogP contribution in [0.3, 0.4) is 0 Å². The number of nitrogens with two attached hydrogens (primary N) is 1. The summed E-state index contributed by atoms with van der Waals surface area (Å²) in [6.07, 6.45) is 3.68. The molecule has 1 aliphatic carbocycles. The van der Waals surface area contributed by atoms with Crippen LogP contribution in [-0.2, 0) is 30.6 Å². The lowest BCUT2D eigenvalue weighted by Crippen LogP contribution is -2.37. The SMILES string of the molecule is COc1cc2c(cc1OC)CN(CC(=O)Nc1sc3c(c1C(N)=O)CCC3)CC2. The highest BCUT2D eigenvalue weighted by Crippen LogP contribution is 2.39. The summed E-state index contributed by atoms with van der Waals surface area (Å²) in [5.41, 5.74) is 9.44. The largest absolute Gasteiger partial charge is 0.493 e. The van der Waals surface area contributed by atoms with Crippen LogP contribution in [0.1, 0.15) is 38.3 Å². The molecule has 0 saturated heterocycles. The van der Waals surface area contributed by atoms with E-state index in [1.54, 1.807) is 14.2 Å². The van der Waals surface area contributed by atoms with Crippen LogP contribution < -0.4 is 20.5 Å². The number of hydrogen-bond acceptors (Lipinski definition) is 6. The van der Waals surface area contributed by atoms with Crippen molar-refractivity contribution < 1.29 is 19.1 Å². The van der Waals surface area contributed by atoms with E-state index in [2.05, 4.69) is 10.2 Å². The van der Waals surface area contributed by atoms with Crippen molar-refractivity contribution in [1.29, 1.82) is 0 Å². The number of ether oxygens (including phenoxy) is 2. The first-order chi connectivity index (χ1) is 14.0. The molecule has 0 unspecified atom stereocenters. The first-order valence-electron chi connectivity index (χ1n) is 9.70. The van der Waals surface area contributed by atoms with E-state index >= 15 is 0 Å². The number of hydrogen-bond donors (Lipinski definition) is 2. The summed E-state index contributed by atoms with van der Waals surface area (Å²) in [5.74, 6) is 0.822. The summed E-state index contributed by atoms with van der Waals surface area (Å²) in [4.78, 5) is 27.8. The summed E-state index contributed by atoms with van der Waals surface area (Å²) >= 11 is 1.48. The van der Waals surface area contributed by atoms with Gasteiger partial charge in [-0.15, -0.1) is 11.3 Å². The van der Waals surface area contributed by atoms with Crippen LogP contribution in [-0.4, -0.2) is 44.0 Å². The molecule has 8 heteroatoms. The molecule has 0 atom stereocenters. The zero-order valence-corrected chi connectivity index (χ0v) is 17.5. The molecule has 3 N–H and O–H groups in total. The third-order valence-electron chi connectivity index (χ3n) is 5.58. The number of carbonyl (C=O) groups excluding carboxylic acids is 2. The van der Waals surface area contributed by atoms with Crippen molar-refractivity contribution >= 4 is 28.2 Å². The Balaban J connectivity index is 1.45. The average Bonchev–Trinajstić information content (AvgIpc) is 3.27. The number of anilines is 1. The summed E-state index contributed by atoms with van der Waals surface area (Å²) in [7, 11) is 3.25. The highest BCUT2D eigenvalue weighted by molar-refractivity contribution is 7.17. The molecule has 2 heterocycles. The van der Waals surface area contributed by atoms with Crippen molar-refractivity contribution in [3.63, 3.8) is 0 Å². The summed E-state index contributed by atoms with van der Waals surface area (Å²) < 4.78 is 10.8. The van der Waals surface area contributed by atoms with Crippen molar-refractivity contribution in [3.8, 4) is 11.5 Å². The van der Waals surface area contributed by atoms with Crippen LogP contribution in [0.2, 0.25) is 0 Å². The van der Waals surface area contributed by atoms with Crippen molar-refractivity contribution in [2.75, 3.05) is 32.6 Å². The number of methoxy groups -OCH3 is 2. The number of rotatable bonds is 6. The Labute approximate surface area is 173 Å². The quantitative estimate of drug-likeness (QED) is 0.755. The maximum absolute atomic E-state index is 12.7. The second-order valence-electron chi connectivity index (χ2n) is 7.41. The van der Waals surface area contributed by atoms with Crippen LogP contribution in [0, 0.1) is 0 Å². The molecule has 1 aromatic carbocycles. The fourth-order valence-electron chi connectivity index (χ4n) is 4.20. The maximum atomic E-state index is 12.7. The number of fused-ring (bicyclic) bond motifs is 2. The molecule has 2 aromatic rings. The number of primary amides is 1. The van der Waals surface area contributed by atoms with E-state index in [1.165, 1.54) is 21.8 Å². The Morgan fingerprint density at radius 2 is 1.86 bits per heavy atom. The predicted molar refractivity (Wildman–Crippen MR) is 112 cm³/mol. The molecule has 154 valence electrons. The van der Waals surface area contributed by atoms with E-state index in [4.69, 9.17) is 15.2 Å². The second-order valence-corrected chi connectivity index (χ2v) is 8.52. The van der Waals surface area contributed by atoms with Crippen molar-refractivity contribution in [3.05, 3.63) is 39.3 Å². The van der Waals surface area contributed by atoms with E-state index in [0.29, 0.717) is 22.9 Å². The van der Waals surface area contributed by atoms with Gasteiger partial charge >= 0.3 is 0 Å². The predicted octanol–water partition coefficient (Wildman–Crippen LogP) is 2.35. The van der Waals surface area contributed by atoms with E-state index in [-0.39, 0.29) is 12.5 Å². The molecule has 0 saturated carbocycles. The van der Waals surface area contributed by atoms with E-state index in [1.807, 2.05) is 12.1 Å². The molecule has 1 aromatic heterocycles. The number of benzene rings is 1. The molecule has 1 aliphatic heterocycles. The third kappa shape index (κ3) is 3.82. The lowest BCUT2D eigenvalue weighted by atomic mass is 9.99. The highest BCUT2D eigenvalue weighted by Gasteiger charge is 2.27. The number of nitrogens with zero attached hydrogens (tertiary/aromatic N) is 1. The Bertz CT molecular complexity index is 969. The first-order valence-corrected chi connectivity index (χ1v) is 10.5. The number of amides is 2. The van der Waals surface area contributed by atoms with Gasteiger partial charge in [-0.2, -0.15) is 0 Å². The lowest BCUT2D eigenvalue weighted by molar-refractivity contribution is -0.117. The maximum Gasteiger partial charge on any atom is 0.251 e. The standard InChI is InChI=1S/C21H25N3O4S/c1-27-15-8-12-6-7-24(10-13(12)9-16(15)28-2)11-18(25)23-21-19(20(22)26)14-4-3-5-17(14)29-21/h8-9H,3-7,10-11H2,1-2H3,(H2,22,26)(H,23,25). The van der Waals surface area contributed by atoms with Crippen molar-refractivity contribution in [1.82, 2.24) is 4.90 Å². The van der Waals surface area contributed by atoms with Gasteiger partial charge in [-0.1, -0.05) is 0 Å². The number of nitrogens with one attached hydrogen (secondary N) is 1. The van der Waals surface area contributed by atoms with Gasteiger partial charge in [0.25, 0.3) is 5.91 Å². The van der Waals surface area contributed by atoms with Crippen LogP contribution in [0.15, 0.2) is 12.1 Å². The van der Waals surface area contributed by atoms with Crippen LogP contribution in [0.25, 0.3) is 0 Å². The van der Waals surface area contributed by atoms with Gasteiger partial charge in [-0.25, -0.2) is 0 Å². The molecule has 2 amide bonds. The van der Waals surface area contributed by atoms with Crippen molar-refractivity contribution in [2.45, 2.75) is 32.2 Å². The monoisotopic (exact) mass is 415 g/mol. The van der Waals surface area contributed by atoms with Gasteiger partial charge < -0.3 is 20.5 Å². The molecule has 2 aliphatic rings. The Hall–Kier alpha value is -2.58. The minimum absolute atomic E-state index is 0.128. The van der Waals surface area contributed by atoms with Crippen LogP contribution in [0.4, 0.5) is 5.00 Å². The fraction of sp³-hybridized carbons (Fsp3) is 0.429. The molecule has 0 fully saturated rings. The Morgan fingerprint density at radius 3 is 2.55 bits per heavy atom. The summed E-state index contributed by atoms with van der Waals surface area (Å²) in [5, 5.41) is 3.52. The van der Waals surface area contributed by atoms with Gasteiger partial charge in [0.15, 0.2) is 11.5 Å². The van der Waals surface area contributed by atoms with E-state index in [9.17, 15) is 9.59 Å². The van der Waals surface area contributed by atoms with Gasteiger partial charge in [-0.3, -0.25) is 14.5 Å². The molecule has 7 nitrogen and oxygen atoms in total. The first kappa shape index (κ1) is 19.7. The minimum atomic E-state index is -0.465. The number of thiophene rings is 1. The number of carbonyl (C=O) groups is 2. The third-order valence-corrected chi connectivity index (χ3v) is 6.79. The molecule has 4 rings (SSSR count). The zero-order chi connectivity index (χ0) is 20.5. The van der Waals surface area contributed by atoms with E-state index in [0.717, 1.165) is 49.1 Å². The van der Waals surface area contributed by atoms with Gasteiger partial charge in [0.2, 0.25) is 5.91 Å². The van der Waals surface area contributed by atoms with E-state index < -0.39 is 5.91 Å². The normalized spacial score (nSPS) is 15.5. The molecule has 29 heavy (non-hydrogen) atoms. The van der Waals surface area contributed by atoms with Crippen LogP contribution in [0.5, 0.6) is 11.5 Å². The Morgan fingerprint density at radius 1 is 1.14 bits per heavy atom. The molecule has 0 spiro atoms. The summed E-state index contributed by atoms with van der Waals surface area (Å²) in [6.45, 7) is 1.70. The topological polar surface area (TPSA) is 93.9 Å². The molecular weight excluding hydrogens is 390 g/mol. The zero-order valence-electron chi connectivity index (χ0n) is 16.7. The van der Waals surface area contributed by atoms with Gasteiger partial charge in [0.1, 0.15) is 5.00 Å². The second kappa shape index (κ2) is 8.04. The molecule has 0 radical (unpaired) electrons. The van der Waals surface area contributed by atoms with Gasteiger partial charge in [0.05, 0.1) is 26.3 Å². The number of aryl methyl sites for hydroxylation is 1. The van der Waals surface area contributed by atoms with Crippen molar-refractivity contribution in [2.24, 2.45) is 5.73 Å². The Kier molecular flexibility index (Phi) is 5.47. The van der Waals surface area contributed by atoms with Crippen LogP contribution >= 0.6 is 11.3 Å². The van der Waals surface area contributed by atoms with Gasteiger partial charge in [-0.05, 0) is 54.5 Å². The molecular formula is C21H25N3O4S. The highest BCUT2D eigenvalue weighted by atomic mass is 32.1. The molecule has 0 bridgehead atoms. The lowest BCUT2D eigenvalue weighted by Gasteiger charge is -2.29. The summed E-state index contributed by atoms with van der Waals surface area (Å²) in [6, 6.07) is 3.99. The van der Waals surface area contributed by atoms with Gasteiger partial charge in [0, 0.05) is 18.0 Å². The average molecular weight is 416 g/mol. The fourth-order valence-corrected chi connectivity index (χ4v) is 5.51. The smallest absolute Gasteiger partial charge is 0.251 e.